The van der Waals surface area contributed by atoms with Crippen LogP contribution in [0.2, 0.25) is 0 Å². The molecule has 3 rings (SSSR count). The zero-order valence-electron chi connectivity index (χ0n) is 31.9. The van der Waals surface area contributed by atoms with Crippen molar-refractivity contribution in [2.45, 2.75) is 106 Å². The summed E-state index contributed by atoms with van der Waals surface area (Å²) in [7, 11) is -2.11. The van der Waals surface area contributed by atoms with Crippen LogP contribution in [0.25, 0.3) is 0 Å². The average molecular weight is 741 g/mol. The third-order valence-electron chi connectivity index (χ3n) is 10.3. The number of hydrogen-bond donors (Lipinski definition) is 4. The molecule has 1 saturated heterocycles. The topological polar surface area (TPSA) is 157 Å². The number of nitrogens with one attached hydrogen (secondary N) is 4. The summed E-state index contributed by atoms with van der Waals surface area (Å²) in [5.41, 5.74) is 0.339. The van der Waals surface area contributed by atoms with E-state index in [2.05, 4.69) is 21.3 Å². The van der Waals surface area contributed by atoms with Crippen molar-refractivity contribution in [1.82, 2.24) is 30.5 Å². The highest BCUT2D eigenvalue weighted by Gasteiger charge is 2.70. The number of alkyl halides is 2. The molecule has 2 aliphatic rings. The standard InChI is InChI=1S/C36H58F2N6O6S/c1-21-13-12-14-22(17-21)15-16-39-30(45)24(18-26(37)38)40-31(46)28-27-23(36(27,8)9)19-44(28)32(47)29(35(5,6)7)42-33(48)41-25(34(2,3)4)20-43(10)51(11,49)50/h12-14,17,23-29H,15-16,18-20H2,1-11H3,(H,39,45)(H,40,46)(H2,41,42,48)/t23-,24-,25+,27-,28-,29+/m0/s1. The Balaban J connectivity index is 1.79. The summed E-state index contributed by atoms with van der Waals surface area (Å²) in [4.78, 5) is 56.3. The summed E-state index contributed by atoms with van der Waals surface area (Å²) in [6.45, 7) is 17.2. The number of sulfonamides is 1. The second-order valence-electron chi connectivity index (χ2n) is 17.0. The summed E-state index contributed by atoms with van der Waals surface area (Å²) in [5.74, 6) is -2.27. The molecule has 2 fully saturated rings. The van der Waals surface area contributed by atoms with Crippen LogP contribution in [0.4, 0.5) is 13.6 Å². The van der Waals surface area contributed by atoms with Crippen LogP contribution in [0, 0.1) is 35.0 Å². The van der Waals surface area contributed by atoms with Crippen LogP contribution < -0.4 is 21.3 Å². The first-order valence-electron chi connectivity index (χ1n) is 17.5. The van der Waals surface area contributed by atoms with Gasteiger partial charge in [-0.15, -0.1) is 0 Å². The van der Waals surface area contributed by atoms with Crippen LogP contribution in [0.3, 0.4) is 0 Å². The fraction of sp³-hybridized carbons (Fsp3) is 0.722. The molecule has 1 aliphatic carbocycles. The fourth-order valence-corrected chi connectivity index (χ4v) is 7.29. The monoisotopic (exact) mass is 740 g/mol. The van der Waals surface area contributed by atoms with Crippen LogP contribution in [0.1, 0.15) is 72.9 Å². The number of carbonyl (C=O) groups is 4. The molecule has 4 N–H and O–H groups in total. The van der Waals surface area contributed by atoms with E-state index < -0.39 is 81.6 Å². The minimum atomic E-state index is -3.53. The van der Waals surface area contributed by atoms with Gasteiger partial charge in [-0.1, -0.05) is 85.2 Å². The molecule has 12 nitrogen and oxygen atoms in total. The van der Waals surface area contributed by atoms with Crippen molar-refractivity contribution in [3.63, 3.8) is 0 Å². The number of amides is 5. The first kappa shape index (κ1) is 42.1. The van der Waals surface area contributed by atoms with E-state index in [-0.39, 0.29) is 36.9 Å². The molecular formula is C36H58F2N6O6S. The van der Waals surface area contributed by atoms with Gasteiger partial charge in [-0.3, -0.25) is 14.4 Å². The highest BCUT2D eigenvalue weighted by Crippen LogP contribution is 2.65. The predicted molar refractivity (Wildman–Crippen MR) is 192 cm³/mol. The molecule has 6 atom stereocenters. The molecule has 5 amide bonds. The third-order valence-corrected chi connectivity index (χ3v) is 11.6. The number of urea groups is 1. The van der Waals surface area contributed by atoms with Crippen LogP contribution >= 0.6 is 0 Å². The van der Waals surface area contributed by atoms with Crippen molar-refractivity contribution < 1.29 is 36.4 Å². The number of fused-ring (bicyclic) bond motifs is 1. The van der Waals surface area contributed by atoms with E-state index in [9.17, 15) is 36.4 Å². The number of nitrogens with zero attached hydrogens (tertiary/aromatic N) is 2. The van der Waals surface area contributed by atoms with E-state index in [0.29, 0.717) is 6.42 Å². The Hall–Kier alpha value is -3.33. The quantitative estimate of drug-likeness (QED) is 0.230. The highest BCUT2D eigenvalue weighted by molar-refractivity contribution is 7.88. The highest BCUT2D eigenvalue weighted by atomic mass is 32.2. The molecule has 51 heavy (non-hydrogen) atoms. The van der Waals surface area contributed by atoms with Gasteiger partial charge in [-0.2, -0.15) is 0 Å². The minimum Gasteiger partial charge on any atom is -0.354 e. The van der Waals surface area contributed by atoms with Crippen LogP contribution in [0.15, 0.2) is 24.3 Å². The minimum absolute atomic E-state index is 0.00398. The number of piperidine rings is 1. The number of likely N-dealkylation sites (tertiary alicyclic amines) is 1. The summed E-state index contributed by atoms with van der Waals surface area (Å²) in [5, 5.41) is 10.8. The van der Waals surface area contributed by atoms with Gasteiger partial charge in [-0.25, -0.2) is 26.3 Å². The number of likely N-dealkylation sites (N-methyl/N-ethyl adjacent to an activating group) is 1. The molecule has 1 aliphatic heterocycles. The zero-order valence-corrected chi connectivity index (χ0v) is 32.7. The molecular weight excluding hydrogens is 682 g/mol. The molecule has 0 aromatic heterocycles. The van der Waals surface area contributed by atoms with Crippen LogP contribution in [-0.4, -0.2) is 105 Å². The lowest BCUT2D eigenvalue weighted by Gasteiger charge is -2.39. The summed E-state index contributed by atoms with van der Waals surface area (Å²) < 4.78 is 52.7. The number of carbonyl (C=O) groups excluding carboxylic acids is 4. The molecule has 0 unspecified atom stereocenters. The molecule has 0 bridgehead atoms. The Labute approximate surface area is 302 Å². The number of rotatable bonds is 14. The normalized spacial score (nSPS) is 21.8. The van der Waals surface area contributed by atoms with Gasteiger partial charge in [-0.05, 0) is 47.0 Å². The fourth-order valence-electron chi connectivity index (χ4n) is 6.87. The van der Waals surface area contributed by atoms with Gasteiger partial charge in [0.25, 0.3) is 0 Å². The average Bonchev–Trinajstić information content (AvgIpc) is 3.29. The van der Waals surface area contributed by atoms with Crippen molar-refractivity contribution in [3.8, 4) is 0 Å². The lowest BCUT2D eigenvalue weighted by atomic mass is 9.85. The molecule has 15 heteroatoms. The maximum Gasteiger partial charge on any atom is 0.315 e. The Kier molecular flexibility index (Phi) is 13.0. The van der Waals surface area contributed by atoms with Crippen molar-refractivity contribution in [1.29, 1.82) is 0 Å². The second-order valence-corrected chi connectivity index (χ2v) is 19.1. The van der Waals surface area contributed by atoms with Gasteiger partial charge >= 0.3 is 6.03 Å². The summed E-state index contributed by atoms with van der Waals surface area (Å²) >= 11 is 0. The van der Waals surface area contributed by atoms with Gasteiger partial charge in [0.1, 0.15) is 18.1 Å². The Morgan fingerprint density at radius 3 is 2.18 bits per heavy atom. The molecule has 1 aromatic carbocycles. The largest absolute Gasteiger partial charge is 0.354 e. The lowest BCUT2D eigenvalue weighted by molar-refractivity contribution is -0.144. The number of halogens is 2. The molecule has 288 valence electrons. The molecule has 1 heterocycles. The first-order valence-corrected chi connectivity index (χ1v) is 19.3. The van der Waals surface area contributed by atoms with E-state index >= 15 is 0 Å². The summed E-state index contributed by atoms with van der Waals surface area (Å²) in [6, 6.07) is 2.73. The van der Waals surface area contributed by atoms with Crippen molar-refractivity contribution >= 4 is 33.8 Å². The summed E-state index contributed by atoms with van der Waals surface area (Å²) in [6.07, 6.45) is -2.21. The number of aryl methyl sites for hydroxylation is 1. The maximum absolute atomic E-state index is 14.3. The lowest BCUT2D eigenvalue weighted by Crippen LogP contribution is -2.62. The zero-order chi connectivity index (χ0) is 38.9. The van der Waals surface area contributed by atoms with Crippen LogP contribution in [0.5, 0.6) is 0 Å². The predicted octanol–water partition coefficient (Wildman–Crippen LogP) is 3.30. The Bertz CT molecular complexity index is 1560. The van der Waals surface area contributed by atoms with Gasteiger partial charge < -0.3 is 26.2 Å². The van der Waals surface area contributed by atoms with E-state index in [1.165, 1.54) is 11.9 Å². The van der Waals surface area contributed by atoms with Gasteiger partial charge in [0.05, 0.1) is 6.26 Å². The number of hydrogen-bond acceptors (Lipinski definition) is 6. The third kappa shape index (κ3) is 10.8. The van der Waals surface area contributed by atoms with Gasteiger partial charge in [0.15, 0.2) is 0 Å². The van der Waals surface area contributed by atoms with E-state index in [0.717, 1.165) is 21.7 Å². The van der Waals surface area contributed by atoms with E-state index in [4.69, 9.17) is 0 Å². The maximum atomic E-state index is 14.3. The van der Waals surface area contributed by atoms with Crippen LogP contribution in [-0.2, 0) is 30.8 Å². The molecule has 0 radical (unpaired) electrons. The van der Waals surface area contributed by atoms with Gasteiger partial charge in [0, 0.05) is 39.1 Å². The smallest absolute Gasteiger partial charge is 0.315 e. The Morgan fingerprint density at radius 2 is 1.65 bits per heavy atom. The first-order chi connectivity index (χ1) is 23.2. The second kappa shape index (κ2) is 15.7. The van der Waals surface area contributed by atoms with E-state index in [1.54, 1.807) is 20.8 Å². The molecule has 0 spiro atoms. The molecule has 1 saturated carbocycles. The van der Waals surface area contributed by atoms with E-state index in [1.807, 2.05) is 65.8 Å². The van der Waals surface area contributed by atoms with Crippen molar-refractivity contribution in [2.75, 3.05) is 32.9 Å². The van der Waals surface area contributed by atoms with Gasteiger partial charge in [0.2, 0.25) is 34.2 Å². The SMILES string of the molecule is Cc1cccc(CCNC(=O)[C@H](CC(F)F)NC(=O)[C@@H]2[C@@H]3[C@H](CN2C(=O)[C@@H](NC(=O)N[C@H](CN(C)S(C)(=O)=O)C(C)(C)C)C(C)(C)C)C3(C)C)c1. The number of benzene rings is 1. The van der Waals surface area contributed by atoms with Crippen molar-refractivity contribution in [2.24, 2.45) is 28.1 Å². The van der Waals surface area contributed by atoms with Crippen molar-refractivity contribution in [3.05, 3.63) is 35.4 Å². The Morgan fingerprint density at radius 1 is 1.02 bits per heavy atom. The molecule has 1 aromatic rings.